The topological polar surface area (TPSA) is 59.1 Å². The highest BCUT2D eigenvalue weighted by Gasteiger charge is 2.55. The Morgan fingerprint density at radius 1 is 1.16 bits per heavy atom. The Bertz CT molecular complexity index is 636. The fourth-order valence-corrected chi connectivity index (χ4v) is 4.48. The molecule has 0 aliphatic carbocycles. The molecule has 2 aliphatic heterocycles. The van der Waals surface area contributed by atoms with Crippen molar-refractivity contribution in [3.8, 4) is 0 Å². The number of piperidine rings is 1. The molecule has 2 fully saturated rings. The molecule has 0 radical (unpaired) electrons. The number of rotatable bonds is 3. The number of nitrogens with zero attached hydrogens (tertiary/aromatic N) is 2. The van der Waals surface area contributed by atoms with E-state index in [9.17, 15) is 9.59 Å². The van der Waals surface area contributed by atoms with E-state index in [1.165, 1.54) is 19.8 Å². The molecule has 1 unspecified atom stereocenters. The van der Waals surface area contributed by atoms with Crippen LogP contribution in [-0.4, -0.2) is 60.8 Å². The zero-order valence-electron chi connectivity index (χ0n) is 15.2. The van der Waals surface area contributed by atoms with Gasteiger partial charge in [0.25, 0.3) is 0 Å². The summed E-state index contributed by atoms with van der Waals surface area (Å²) < 4.78 is 9.93. The molecule has 6 heteroatoms. The van der Waals surface area contributed by atoms with Crippen LogP contribution in [0.1, 0.15) is 31.9 Å². The van der Waals surface area contributed by atoms with Gasteiger partial charge in [-0.05, 0) is 25.8 Å². The van der Waals surface area contributed by atoms with Gasteiger partial charge in [-0.25, -0.2) is 9.59 Å². The van der Waals surface area contributed by atoms with Crippen LogP contribution in [0, 0.1) is 5.92 Å². The summed E-state index contributed by atoms with van der Waals surface area (Å²) in [5, 5.41) is 0. The number of esters is 1. The Morgan fingerprint density at radius 2 is 1.84 bits per heavy atom. The molecular formula is C19H26N2O4. The molecule has 2 heterocycles. The van der Waals surface area contributed by atoms with Crippen LogP contribution < -0.4 is 0 Å². The van der Waals surface area contributed by atoms with Crippen molar-refractivity contribution < 1.29 is 19.1 Å². The van der Waals surface area contributed by atoms with Crippen molar-refractivity contribution in [1.82, 2.24) is 9.80 Å². The third-order valence-electron chi connectivity index (χ3n) is 5.81. The number of hydrogen-bond acceptors (Lipinski definition) is 5. The third-order valence-corrected chi connectivity index (χ3v) is 5.81. The molecule has 2 bridgehead atoms. The number of hydrogen-bond donors (Lipinski definition) is 0. The van der Waals surface area contributed by atoms with E-state index in [1.807, 2.05) is 18.2 Å². The molecule has 3 rings (SSSR count). The van der Waals surface area contributed by atoms with Crippen molar-refractivity contribution in [3.05, 3.63) is 35.9 Å². The number of carbonyl (C=O) groups excluding carboxylic acids is 2. The molecule has 25 heavy (non-hydrogen) atoms. The van der Waals surface area contributed by atoms with Crippen molar-refractivity contribution in [2.75, 3.05) is 20.8 Å². The van der Waals surface area contributed by atoms with Gasteiger partial charge in [0.15, 0.2) is 0 Å². The molecule has 2 saturated heterocycles. The minimum absolute atomic E-state index is 0.0380. The average Bonchev–Trinajstić information content (AvgIpc) is 2.98. The normalized spacial score (nSPS) is 30.0. The van der Waals surface area contributed by atoms with Gasteiger partial charge in [0, 0.05) is 30.6 Å². The highest BCUT2D eigenvalue weighted by Crippen LogP contribution is 2.42. The van der Waals surface area contributed by atoms with E-state index in [4.69, 9.17) is 9.47 Å². The van der Waals surface area contributed by atoms with E-state index < -0.39 is 12.1 Å². The molecular weight excluding hydrogens is 320 g/mol. The predicted molar refractivity (Wildman–Crippen MR) is 93.0 cm³/mol. The first-order valence-corrected chi connectivity index (χ1v) is 8.74. The Morgan fingerprint density at radius 3 is 2.44 bits per heavy atom. The molecule has 0 saturated carbocycles. The van der Waals surface area contributed by atoms with Gasteiger partial charge < -0.3 is 9.47 Å². The predicted octanol–water partition coefficient (Wildman–Crippen LogP) is 2.45. The molecule has 5 atom stereocenters. The van der Waals surface area contributed by atoms with E-state index in [2.05, 4.69) is 30.9 Å². The van der Waals surface area contributed by atoms with Crippen LogP contribution >= 0.6 is 0 Å². The first-order valence-electron chi connectivity index (χ1n) is 8.74. The molecule has 2 aliphatic rings. The number of fused-ring (bicyclic) bond motifs is 2. The van der Waals surface area contributed by atoms with Crippen LogP contribution in [0.4, 0.5) is 4.79 Å². The molecule has 1 aromatic carbocycles. The second-order valence-electron chi connectivity index (χ2n) is 6.92. The summed E-state index contributed by atoms with van der Waals surface area (Å²) in [6.07, 6.45) is 0.345. The molecule has 136 valence electrons. The van der Waals surface area contributed by atoms with E-state index in [1.54, 1.807) is 4.90 Å². The smallest absolute Gasteiger partial charge is 0.410 e. The maximum Gasteiger partial charge on any atom is 0.410 e. The Balaban J connectivity index is 1.91. The van der Waals surface area contributed by atoms with Crippen LogP contribution in [0.5, 0.6) is 0 Å². The summed E-state index contributed by atoms with van der Waals surface area (Å²) in [5.41, 5.74) is 1.23. The second-order valence-corrected chi connectivity index (χ2v) is 6.92. The van der Waals surface area contributed by atoms with Gasteiger partial charge in [-0.3, -0.25) is 9.80 Å². The number of carbonyl (C=O) groups is 2. The van der Waals surface area contributed by atoms with E-state index >= 15 is 0 Å². The number of amides is 1. The largest absolute Gasteiger partial charge is 0.467 e. The molecule has 0 N–H and O–H groups in total. The summed E-state index contributed by atoms with van der Waals surface area (Å²) in [6, 6.07) is 10.1. The highest BCUT2D eigenvalue weighted by molar-refractivity contribution is 5.83. The van der Waals surface area contributed by atoms with E-state index in [-0.39, 0.29) is 30.0 Å². The summed E-state index contributed by atoms with van der Waals surface area (Å²) in [4.78, 5) is 28.7. The minimum Gasteiger partial charge on any atom is -0.467 e. The summed E-state index contributed by atoms with van der Waals surface area (Å²) in [5.74, 6) is -0.324. The molecule has 6 nitrogen and oxygen atoms in total. The van der Waals surface area contributed by atoms with E-state index in [0.717, 1.165) is 13.0 Å². The molecule has 0 aromatic heterocycles. The maximum absolute atomic E-state index is 12.4. The number of likely N-dealkylation sites (tertiary alicyclic amines) is 2. The zero-order valence-corrected chi connectivity index (χ0v) is 15.2. The standard InChI is InChI=1S/C19H26N2O4/c1-12(14-8-6-5-7-9-14)20-11-15-10-16(13(20)2)17(18(22)24-3)21(15)19(23)25-4/h5-9,12-13,15-17H,10-11H2,1-4H3/t12-,13?,15+,16-,17+/m0/s1. The van der Waals surface area contributed by atoms with Crippen molar-refractivity contribution in [3.63, 3.8) is 0 Å². The van der Waals surface area contributed by atoms with Crippen molar-refractivity contribution in [1.29, 1.82) is 0 Å². The Kier molecular flexibility index (Phi) is 4.99. The van der Waals surface area contributed by atoms with Gasteiger partial charge in [0.05, 0.1) is 14.2 Å². The third kappa shape index (κ3) is 2.99. The van der Waals surface area contributed by atoms with Gasteiger partial charge in [-0.15, -0.1) is 0 Å². The quantitative estimate of drug-likeness (QED) is 0.787. The fraction of sp³-hybridized carbons (Fsp3) is 0.579. The van der Waals surface area contributed by atoms with Gasteiger partial charge in [-0.2, -0.15) is 0 Å². The van der Waals surface area contributed by atoms with Crippen LogP contribution in [0.2, 0.25) is 0 Å². The van der Waals surface area contributed by atoms with Crippen LogP contribution in [0.15, 0.2) is 30.3 Å². The lowest BCUT2D eigenvalue weighted by molar-refractivity contribution is -0.147. The fourth-order valence-electron chi connectivity index (χ4n) is 4.48. The summed E-state index contributed by atoms with van der Waals surface area (Å²) in [6.45, 7) is 5.03. The molecule has 1 amide bonds. The van der Waals surface area contributed by atoms with Gasteiger partial charge >= 0.3 is 12.1 Å². The Hall–Kier alpha value is -2.08. The number of ether oxygens (including phenoxy) is 2. The van der Waals surface area contributed by atoms with Gasteiger partial charge in [0.2, 0.25) is 0 Å². The van der Waals surface area contributed by atoms with Crippen LogP contribution in [0.3, 0.4) is 0 Å². The average molecular weight is 346 g/mol. The van der Waals surface area contributed by atoms with Crippen molar-refractivity contribution in [2.24, 2.45) is 5.92 Å². The lowest BCUT2D eigenvalue weighted by Crippen LogP contribution is -2.48. The lowest BCUT2D eigenvalue weighted by atomic mass is 9.86. The second kappa shape index (κ2) is 7.04. The zero-order chi connectivity index (χ0) is 18.1. The lowest BCUT2D eigenvalue weighted by Gasteiger charge is -2.41. The number of methoxy groups -OCH3 is 2. The number of benzene rings is 1. The first kappa shape index (κ1) is 17.7. The van der Waals surface area contributed by atoms with E-state index in [0.29, 0.717) is 0 Å². The monoisotopic (exact) mass is 346 g/mol. The van der Waals surface area contributed by atoms with Gasteiger partial charge in [0.1, 0.15) is 6.04 Å². The van der Waals surface area contributed by atoms with Crippen molar-refractivity contribution >= 4 is 12.1 Å². The van der Waals surface area contributed by atoms with Crippen LogP contribution in [0.25, 0.3) is 0 Å². The maximum atomic E-state index is 12.4. The van der Waals surface area contributed by atoms with Crippen molar-refractivity contribution in [2.45, 2.75) is 44.4 Å². The SMILES string of the molecule is COC(=O)[C@H]1[C@H]2C[C@H](CN([C@@H](C)c3ccccc3)C2C)N1C(=O)OC. The molecule has 1 aromatic rings. The first-order chi connectivity index (χ1) is 12.0. The Labute approximate surface area is 148 Å². The summed E-state index contributed by atoms with van der Waals surface area (Å²) in [7, 11) is 2.72. The minimum atomic E-state index is -0.578. The van der Waals surface area contributed by atoms with Crippen LogP contribution in [-0.2, 0) is 14.3 Å². The summed E-state index contributed by atoms with van der Waals surface area (Å²) >= 11 is 0. The highest BCUT2D eigenvalue weighted by atomic mass is 16.5. The van der Waals surface area contributed by atoms with Gasteiger partial charge in [-0.1, -0.05) is 30.3 Å². The molecule has 0 spiro atoms.